The minimum atomic E-state index is -0.318. The molecule has 1 heterocycles. The third kappa shape index (κ3) is 1.81. The third-order valence-electron chi connectivity index (χ3n) is 3.21. The van der Waals surface area contributed by atoms with Crippen LogP contribution in [0.3, 0.4) is 0 Å². The van der Waals surface area contributed by atoms with Crippen molar-refractivity contribution in [1.82, 2.24) is 4.98 Å². The largest absolute Gasteiger partial charge is 0.465 e. The second-order valence-corrected chi connectivity index (χ2v) is 5.26. The van der Waals surface area contributed by atoms with Crippen molar-refractivity contribution >= 4 is 32.8 Å². The molecule has 0 radical (unpaired) electrons. The van der Waals surface area contributed by atoms with E-state index in [2.05, 4.69) is 20.9 Å². The molecule has 0 atom stereocenters. The number of fused-ring (bicyclic) bond motifs is 1. The van der Waals surface area contributed by atoms with E-state index in [0.717, 1.165) is 33.9 Å². The van der Waals surface area contributed by atoms with Crippen LogP contribution in [0.15, 0.2) is 28.7 Å². The van der Waals surface area contributed by atoms with Gasteiger partial charge in [-0.1, -0.05) is 18.2 Å². The van der Waals surface area contributed by atoms with Crippen molar-refractivity contribution in [1.29, 1.82) is 0 Å². The Labute approximate surface area is 113 Å². The number of pyridine rings is 1. The number of methoxy groups -OCH3 is 1. The molecule has 4 heteroatoms. The van der Waals surface area contributed by atoms with E-state index in [1.54, 1.807) is 0 Å². The molecule has 92 valence electrons. The molecule has 0 amide bonds. The normalized spacial score (nSPS) is 14.8. The van der Waals surface area contributed by atoms with Crippen molar-refractivity contribution in [3.63, 3.8) is 0 Å². The summed E-state index contributed by atoms with van der Waals surface area (Å²) in [5.41, 5.74) is 2.37. The monoisotopic (exact) mass is 305 g/mol. The van der Waals surface area contributed by atoms with Crippen LogP contribution in [0, 0.1) is 0 Å². The Bertz CT molecular complexity index is 635. The van der Waals surface area contributed by atoms with Crippen LogP contribution in [0.25, 0.3) is 10.9 Å². The van der Waals surface area contributed by atoms with Crippen LogP contribution in [0.1, 0.15) is 34.8 Å². The first-order valence-electron chi connectivity index (χ1n) is 5.89. The van der Waals surface area contributed by atoms with Crippen LogP contribution >= 0.6 is 15.9 Å². The smallest absolute Gasteiger partial charge is 0.340 e. The van der Waals surface area contributed by atoms with Crippen LogP contribution < -0.4 is 0 Å². The molecule has 0 spiro atoms. The first-order chi connectivity index (χ1) is 8.72. The molecule has 0 bridgehead atoms. The summed E-state index contributed by atoms with van der Waals surface area (Å²) in [5, 5.41) is 0.947. The molecule has 3 rings (SSSR count). The first-order valence-corrected chi connectivity index (χ1v) is 6.68. The Kier molecular flexibility index (Phi) is 2.82. The fraction of sp³-hybridized carbons (Fsp3) is 0.286. The van der Waals surface area contributed by atoms with E-state index in [1.165, 1.54) is 7.11 Å². The molecular formula is C14H12BrNO2. The number of hydrogen-bond acceptors (Lipinski definition) is 3. The van der Waals surface area contributed by atoms with Gasteiger partial charge in [-0.05, 0) is 34.8 Å². The van der Waals surface area contributed by atoms with E-state index < -0.39 is 0 Å². The van der Waals surface area contributed by atoms with Crippen molar-refractivity contribution in [3.05, 3.63) is 40.0 Å². The zero-order chi connectivity index (χ0) is 12.7. The maximum absolute atomic E-state index is 11.9. The van der Waals surface area contributed by atoms with Gasteiger partial charge in [0.15, 0.2) is 0 Å². The lowest BCUT2D eigenvalue weighted by atomic mass is 10.1. The van der Waals surface area contributed by atoms with Crippen LogP contribution in [-0.4, -0.2) is 18.1 Å². The summed E-state index contributed by atoms with van der Waals surface area (Å²) in [6.45, 7) is 0. The lowest BCUT2D eigenvalue weighted by molar-refractivity contribution is 0.0598. The predicted molar refractivity (Wildman–Crippen MR) is 72.8 cm³/mol. The second-order valence-electron chi connectivity index (χ2n) is 4.47. The number of hydrogen-bond donors (Lipinski definition) is 0. The number of rotatable bonds is 2. The Balaban J connectivity index is 2.32. The van der Waals surface area contributed by atoms with E-state index >= 15 is 0 Å². The van der Waals surface area contributed by atoms with Gasteiger partial charge in [0.25, 0.3) is 0 Å². The fourth-order valence-electron chi connectivity index (χ4n) is 2.14. The molecule has 0 saturated heterocycles. The lowest BCUT2D eigenvalue weighted by Crippen LogP contribution is -2.09. The van der Waals surface area contributed by atoms with Gasteiger partial charge < -0.3 is 4.74 Å². The Morgan fingerprint density at radius 3 is 2.78 bits per heavy atom. The topological polar surface area (TPSA) is 39.2 Å². The van der Waals surface area contributed by atoms with E-state index in [9.17, 15) is 4.79 Å². The number of carbonyl (C=O) groups is 1. The van der Waals surface area contributed by atoms with E-state index in [1.807, 2.05) is 24.3 Å². The number of aromatic nitrogens is 1. The average molecular weight is 306 g/mol. The third-order valence-corrected chi connectivity index (χ3v) is 4.03. The Morgan fingerprint density at radius 1 is 1.39 bits per heavy atom. The standard InChI is InChI=1S/C14H12BrNO2/c1-18-14(17)11-12(15)9-4-2-3-5-10(9)16-13(11)8-6-7-8/h2-5,8H,6-7H2,1H3. The minimum absolute atomic E-state index is 0.318. The van der Waals surface area contributed by atoms with Crippen molar-refractivity contribution in [2.24, 2.45) is 0 Å². The van der Waals surface area contributed by atoms with Gasteiger partial charge in [-0.3, -0.25) is 4.98 Å². The predicted octanol–water partition coefficient (Wildman–Crippen LogP) is 3.66. The van der Waals surface area contributed by atoms with Gasteiger partial charge in [-0.2, -0.15) is 0 Å². The summed E-state index contributed by atoms with van der Waals surface area (Å²) in [4.78, 5) is 16.6. The number of benzene rings is 1. The molecule has 0 aliphatic heterocycles. The SMILES string of the molecule is COC(=O)c1c(C2CC2)nc2ccccc2c1Br. The summed E-state index contributed by atoms with van der Waals surface area (Å²) in [5.74, 6) is 0.0852. The van der Waals surface area contributed by atoms with Gasteiger partial charge in [-0.25, -0.2) is 4.79 Å². The van der Waals surface area contributed by atoms with Crippen molar-refractivity contribution in [3.8, 4) is 0 Å². The van der Waals surface area contributed by atoms with Crippen LogP contribution in [0.2, 0.25) is 0 Å². The van der Waals surface area contributed by atoms with Crippen LogP contribution in [0.5, 0.6) is 0 Å². The summed E-state index contributed by atoms with van der Waals surface area (Å²) in [7, 11) is 1.40. The highest BCUT2D eigenvalue weighted by Crippen LogP contribution is 2.43. The highest BCUT2D eigenvalue weighted by Gasteiger charge is 2.32. The van der Waals surface area contributed by atoms with Gasteiger partial charge in [0.1, 0.15) is 0 Å². The average Bonchev–Trinajstić information content (AvgIpc) is 3.22. The van der Waals surface area contributed by atoms with Gasteiger partial charge in [-0.15, -0.1) is 0 Å². The van der Waals surface area contributed by atoms with Gasteiger partial charge in [0.2, 0.25) is 0 Å². The summed E-state index contributed by atoms with van der Waals surface area (Å²) >= 11 is 3.53. The molecule has 0 unspecified atom stereocenters. The molecule has 3 nitrogen and oxygen atoms in total. The van der Waals surface area contributed by atoms with E-state index in [0.29, 0.717) is 11.5 Å². The Hall–Kier alpha value is -1.42. The molecular weight excluding hydrogens is 294 g/mol. The highest BCUT2D eigenvalue weighted by molar-refractivity contribution is 9.10. The number of halogens is 1. The van der Waals surface area contributed by atoms with Crippen LogP contribution in [0.4, 0.5) is 0 Å². The number of ether oxygens (including phenoxy) is 1. The molecule has 18 heavy (non-hydrogen) atoms. The zero-order valence-corrected chi connectivity index (χ0v) is 11.5. The summed E-state index contributed by atoms with van der Waals surface area (Å²) < 4.78 is 5.67. The van der Waals surface area contributed by atoms with Crippen molar-refractivity contribution in [2.45, 2.75) is 18.8 Å². The summed E-state index contributed by atoms with van der Waals surface area (Å²) in [6.07, 6.45) is 2.20. The number of para-hydroxylation sites is 1. The van der Waals surface area contributed by atoms with E-state index in [4.69, 9.17) is 4.74 Å². The molecule has 1 aromatic heterocycles. The van der Waals surface area contributed by atoms with Gasteiger partial charge >= 0.3 is 5.97 Å². The van der Waals surface area contributed by atoms with Crippen molar-refractivity contribution in [2.75, 3.05) is 7.11 Å². The molecule has 2 aromatic rings. The number of nitrogens with zero attached hydrogens (tertiary/aromatic N) is 1. The molecule has 1 saturated carbocycles. The first kappa shape index (κ1) is 11.7. The quantitative estimate of drug-likeness (QED) is 0.795. The zero-order valence-electron chi connectivity index (χ0n) is 9.94. The van der Waals surface area contributed by atoms with Crippen molar-refractivity contribution < 1.29 is 9.53 Å². The van der Waals surface area contributed by atoms with E-state index in [-0.39, 0.29) is 5.97 Å². The second kappa shape index (κ2) is 4.35. The minimum Gasteiger partial charge on any atom is -0.465 e. The summed E-state index contributed by atoms with van der Waals surface area (Å²) in [6, 6.07) is 7.81. The molecule has 1 fully saturated rings. The van der Waals surface area contributed by atoms with Gasteiger partial charge in [0.05, 0.1) is 23.9 Å². The molecule has 1 aliphatic rings. The van der Waals surface area contributed by atoms with Gasteiger partial charge in [0, 0.05) is 15.8 Å². The molecule has 1 aromatic carbocycles. The molecule has 1 aliphatic carbocycles. The number of carbonyl (C=O) groups excluding carboxylic acids is 1. The Morgan fingerprint density at radius 2 is 2.11 bits per heavy atom. The molecule has 0 N–H and O–H groups in total. The maximum Gasteiger partial charge on any atom is 0.340 e. The lowest BCUT2D eigenvalue weighted by Gasteiger charge is -2.11. The highest BCUT2D eigenvalue weighted by atomic mass is 79.9. The maximum atomic E-state index is 11.9. The fourth-order valence-corrected chi connectivity index (χ4v) is 2.84. The van der Waals surface area contributed by atoms with Crippen LogP contribution in [-0.2, 0) is 4.74 Å². The number of esters is 1.